The number of benzene rings is 1. The minimum atomic E-state index is -1.32. The van der Waals surface area contributed by atoms with E-state index in [-0.39, 0.29) is 6.42 Å². The molecule has 1 atom stereocenters. The second-order valence-electron chi connectivity index (χ2n) is 3.85. The number of halogens is 2. The van der Waals surface area contributed by atoms with Crippen LogP contribution in [0.2, 0.25) is 0 Å². The average molecular weight is 273 g/mol. The molecule has 0 aromatic heterocycles. The van der Waals surface area contributed by atoms with Gasteiger partial charge in [0.2, 0.25) is 5.91 Å². The number of carboxylic acids is 1. The summed E-state index contributed by atoms with van der Waals surface area (Å²) in [7, 11) is 0. The fourth-order valence-corrected chi connectivity index (χ4v) is 1.49. The van der Waals surface area contributed by atoms with Gasteiger partial charge >= 0.3 is 5.97 Å². The molecule has 0 aliphatic heterocycles. The van der Waals surface area contributed by atoms with Gasteiger partial charge in [-0.1, -0.05) is 6.07 Å². The maximum absolute atomic E-state index is 13.3. The van der Waals surface area contributed by atoms with Gasteiger partial charge < -0.3 is 15.5 Å². The summed E-state index contributed by atoms with van der Waals surface area (Å²) in [5, 5.41) is 19.5. The summed E-state index contributed by atoms with van der Waals surface area (Å²) in [6.45, 7) is -0.425. The van der Waals surface area contributed by atoms with Crippen LogP contribution in [0.1, 0.15) is 12.0 Å². The number of carbonyl (C=O) groups is 2. The molecule has 104 valence electrons. The van der Waals surface area contributed by atoms with Crippen molar-refractivity contribution in [2.75, 3.05) is 6.61 Å². The quantitative estimate of drug-likeness (QED) is 0.702. The van der Waals surface area contributed by atoms with Crippen molar-refractivity contribution in [2.24, 2.45) is 0 Å². The third kappa shape index (κ3) is 4.29. The second kappa shape index (κ2) is 6.79. The molecule has 3 N–H and O–H groups in total. The first kappa shape index (κ1) is 15.0. The molecule has 1 aromatic rings. The Labute approximate surface area is 107 Å². The lowest BCUT2D eigenvalue weighted by Gasteiger charge is -2.13. The molecule has 0 unspecified atom stereocenters. The van der Waals surface area contributed by atoms with Crippen molar-refractivity contribution in [3.63, 3.8) is 0 Å². The Balaban J connectivity index is 2.72. The van der Waals surface area contributed by atoms with Gasteiger partial charge in [0.1, 0.15) is 17.7 Å². The van der Waals surface area contributed by atoms with Gasteiger partial charge in [-0.25, -0.2) is 13.6 Å². The van der Waals surface area contributed by atoms with Crippen molar-refractivity contribution in [3.8, 4) is 0 Å². The zero-order valence-corrected chi connectivity index (χ0v) is 9.90. The van der Waals surface area contributed by atoms with Crippen LogP contribution in [-0.4, -0.2) is 34.7 Å². The minimum Gasteiger partial charge on any atom is -0.480 e. The number of hydrogen-bond donors (Lipinski definition) is 3. The number of nitrogens with one attached hydrogen (secondary N) is 1. The molecule has 0 aliphatic rings. The molecule has 0 heterocycles. The first-order valence-corrected chi connectivity index (χ1v) is 5.51. The number of rotatable bonds is 6. The van der Waals surface area contributed by atoms with E-state index in [9.17, 15) is 18.4 Å². The Morgan fingerprint density at radius 3 is 2.32 bits per heavy atom. The van der Waals surface area contributed by atoms with Crippen molar-refractivity contribution in [3.05, 3.63) is 35.4 Å². The second-order valence-corrected chi connectivity index (χ2v) is 3.85. The minimum absolute atomic E-state index is 0.180. The first-order chi connectivity index (χ1) is 8.95. The highest BCUT2D eigenvalue weighted by atomic mass is 19.1. The Morgan fingerprint density at radius 2 is 1.84 bits per heavy atom. The van der Waals surface area contributed by atoms with Gasteiger partial charge in [0.25, 0.3) is 0 Å². The molecule has 1 rings (SSSR count). The molecule has 0 saturated carbocycles. The SMILES string of the molecule is O=C(Cc1c(F)cccc1F)N[C@H](CCO)C(=O)O. The zero-order chi connectivity index (χ0) is 14.4. The number of hydrogen-bond acceptors (Lipinski definition) is 3. The molecule has 1 aromatic carbocycles. The molecule has 0 radical (unpaired) electrons. The van der Waals surface area contributed by atoms with Crippen LogP contribution >= 0.6 is 0 Å². The van der Waals surface area contributed by atoms with Gasteiger partial charge in [0.15, 0.2) is 0 Å². The Morgan fingerprint density at radius 1 is 1.26 bits per heavy atom. The lowest BCUT2D eigenvalue weighted by molar-refractivity contribution is -0.142. The standard InChI is InChI=1S/C12H13F2NO4/c13-8-2-1-3-9(14)7(8)6-11(17)15-10(4-5-16)12(18)19/h1-3,10,16H,4-6H2,(H,15,17)(H,18,19)/t10-/m1/s1. The fraction of sp³-hybridized carbons (Fsp3) is 0.333. The highest BCUT2D eigenvalue weighted by Crippen LogP contribution is 2.12. The van der Waals surface area contributed by atoms with E-state index < -0.39 is 48.1 Å². The van der Waals surface area contributed by atoms with Crippen LogP contribution < -0.4 is 5.32 Å². The monoisotopic (exact) mass is 273 g/mol. The summed E-state index contributed by atoms with van der Waals surface area (Å²) >= 11 is 0. The van der Waals surface area contributed by atoms with E-state index in [0.29, 0.717) is 0 Å². The van der Waals surface area contributed by atoms with Gasteiger partial charge in [-0.2, -0.15) is 0 Å². The zero-order valence-electron chi connectivity index (χ0n) is 9.90. The van der Waals surface area contributed by atoms with Crippen LogP contribution in [0.15, 0.2) is 18.2 Å². The highest BCUT2D eigenvalue weighted by molar-refractivity contribution is 5.84. The Kier molecular flexibility index (Phi) is 5.37. The normalized spacial score (nSPS) is 11.9. The van der Waals surface area contributed by atoms with E-state index in [1.165, 1.54) is 0 Å². The largest absolute Gasteiger partial charge is 0.480 e. The maximum atomic E-state index is 13.3. The van der Waals surface area contributed by atoms with Crippen LogP contribution in [-0.2, 0) is 16.0 Å². The number of aliphatic hydroxyl groups is 1. The van der Waals surface area contributed by atoms with E-state index in [4.69, 9.17) is 10.2 Å². The summed E-state index contributed by atoms with van der Waals surface area (Å²) in [5.41, 5.74) is -0.423. The summed E-state index contributed by atoms with van der Waals surface area (Å²) in [6.07, 6.45) is -0.783. The molecule has 0 bridgehead atoms. The van der Waals surface area contributed by atoms with Gasteiger partial charge in [-0.3, -0.25) is 4.79 Å². The maximum Gasteiger partial charge on any atom is 0.326 e. The third-order valence-electron chi connectivity index (χ3n) is 2.45. The Bertz CT molecular complexity index is 459. The Hall–Kier alpha value is -2.02. The smallest absolute Gasteiger partial charge is 0.326 e. The predicted octanol–water partition coefficient (Wildman–Crippen LogP) is 0.459. The molecule has 1 amide bonds. The average Bonchev–Trinajstić information content (AvgIpc) is 2.33. The van der Waals surface area contributed by atoms with Crippen molar-refractivity contribution < 1.29 is 28.6 Å². The molecule has 19 heavy (non-hydrogen) atoms. The molecule has 0 saturated heterocycles. The molecule has 0 fully saturated rings. The summed E-state index contributed by atoms with van der Waals surface area (Å²) in [6, 6.07) is 1.90. The van der Waals surface area contributed by atoms with Gasteiger partial charge in [0, 0.05) is 18.6 Å². The summed E-state index contributed by atoms with van der Waals surface area (Å²) < 4.78 is 26.6. The van der Waals surface area contributed by atoms with E-state index in [1.54, 1.807) is 0 Å². The van der Waals surface area contributed by atoms with Gasteiger partial charge in [-0.05, 0) is 12.1 Å². The van der Waals surface area contributed by atoms with Crippen LogP contribution in [0.5, 0.6) is 0 Å². The number of carboxylic acid groups (broad SMARTS) is 1. The topological polar surface area (TPSA) is 86.6 Å². The van der Waals surface area contributed by atoms with Crippen molar-refractivity contribution in [1.29, 1.82) is 0 Å². The van der Waals surface area contributed by atoms with Crippen LogP contribution in [0.25, 0.3) is 0 Å². The molecule has 7 heteroatoms. The predicted molar refractivity (Wildman–Crippen MR) is 61.3 cm³/mol. The van der Waals surface area contributed by atoms with Crippen molar-refractivity contribution in [1.82, 2.24) is 5.32 Å². The number of amides is 1. The van der Waals surface area contributed by atoms with Gasteiger partial charge in [-0.15, -0.1) is 0 Å². The van der Waals surface area contributed by atoms with Crippen LogP contribution in [0, 0.1) is 11.6 Å². The lowest BCUT2D eigenvalue weighted by atomic mass is 10.1. The van der Waals surface area contributed by atoms with Crippen LogP contribution in [0.3, 0.4) is 0 Å². The van der Waals surface area contributed by atoms with E-state index in [1.807, 2.05) is 0 Å². The first-order valence-electron chi connectivity index (χ1n) is 5.51. The highest BCUT2D eigenvalue weighted by Gasteiger charge is 2.21. The fourth-order valence-electron chi connectivity index (χ4n) is 1.49. The number of aliphatic hydroxyl groups excluding tert-OH is 1. The van der Waals surface area contributed by atoms with Gasteiger partial charge in [0.05, 0.1) is 6.42 Å². The van der Waals surface area contributed by atoms with Crippen LogP contribution in [0.4, 0.5) is 8.78 Å². The summed E-state index contributed by atoms with van der Waals surface area (Å²) in [4.78, 5) is 22.3. The van der Waals surface area contributed by atoms with Crippen molar-refractivity contribution in [2.45, 2.75) is 18.9 Å². The molecular weight excluding hydrogens is 260 g/mol. The number of carbonyl (C=O) groups excluding carboxylic acids is 1. The van der Waals surface area contributed by atoms with Crippen molar-refractivity contribution >= 4 is 11.9 Å². The molecular formula is C12H13F2NO4. The van der Waals surface area contributed by atoms with E-state index in [2.05, 4.69) is 5.32 Å². The molecule has 0 spiro atoms. The molecule has 5 nitrogen and oxygen atoms in total. The molecule has 0 aliphatic carbocycles. The third-order valence-corrected chi connectivity index (χ3v) is 2.45. The number of aliphatic carboxylic acids is 1. The lowest BCUT2D eigenvalue weighted by Crippen LogP contribution is -2.42. The summed E-state index contributed by atoms with van der Waals surface area (Å²) in [5.74, 6) is -3.89. The van der Waals surface area contributed by atoms with E-state index >= 15 is 0 Å². The van der Waals surface area contributed by atoms with E-state index in [0.717, 1.165) is 18.2 Å².